The van der Waals surface area contributed by atoms with Gasteiger partial charge in [0.25, 0.3) is 0 Å². The van der Waals surface area contributed by atoms with E-state index < -0.39 is 0 Å². The molecule has 0 bridgehead atoms. The quantitative estimate of drug-likeness (QED) is 0.548. The van der Waals surface area contributed by atoms with Crippen molar-refractivity contribution in [2.75, 3.05) is 34.0 Å². The molecule has 2 aromatic rings. The minimum Gasteiger partial charge on any atom is -0.385 e. The monoisotopic (exact) mass is 411 g/mol. The van der Waals surface area contributed by atoms with Crippen molar-refractivity contribution in [2.45, 2.75) is 32.6 Å². The number of thioether (sulfide) groups is 1. The first-order chi connectivity index (χ1) is 14.1. The third kappa shape index (κ3) is 7.46. The topological polar surface area (TPSA) is 70.2 Å². The Balaban J connectivity index is 1.34. The van der Waals surface area contributed by atoms with Crippen molar-refractivity contribution in [1.82, 2.24) is 0 Å². The summed E-state index contributed by atoms with van der Waals surface area (Å²) in [6.45, 7) is 3.00. The number of aryl methyl sites for hydroxylation is 1. The summed E-state index contributed by atoms with van der Waals surface area (Å²) in [6, 6.07) is 15.5. The zero-order valence-corrected chi connectivity index (χ0v) is 17.7. The summed E-state index contributed by atoms with van der Waals surface area (Å²) in [5, 5.41) is 9.20. The molecule has 2 amide bonds. The average Bonchev–Trinajstić information content (AvgIpc) is 3.21. The second-order valence-electron chi connectivity index (χ2n) is 7.57. The Labute approximate surface area is 177 Å². The Morgan fingerprint density at radius 1 is 0.897 bits per heavy atom. The lowest BCUT2D eigenvalue weighted by molar-refractivity contribution is -0.114. The molecule has 0 saturated heterocycles. The van der Waals surface area contributed by atoms with Gasteiger partial charge in [-0.15, -0.1) is 11.8 Å². The maximum atomic E-state index is 12.1. The maximum Gasteiger partial charge on any atom is 0.234 e. The average molecular weight is 412 g/mol. The van der Waals surface area contributed by atoms with Crippen molar-refractivity contribution in [3.05, 3.63) is 54.1 Å². The van der Waals surface area contributed by atoms with Crippen LogP contribution in [-0.4, -0.2) is 29.9 Å². The summed E-state index contributed by atoms with van der Waals surface area (Å²) in [7, 11) is 0. The van der Waals surface area contributed by atoms with Gasteiger partial charge in [0, 0.05) is 23.6 Å². The molecule has 0 heterocycles. The van der Waals surface area contributed by atoms with Gasteiger partial charge in [0.05, 0.1) is 11.5 Å². The zero-order chi connectivity index (χ0) is 20.5. The van der Waals surface area contributed by atoms with Crippen LogP contribution < -0.4 is 16.0 Å². The molecule has 0 aromatic heterocycles. The van der Waals surface area contributed by atoms with Crippen molar-refractivity contribution in [1.29, 1.82) is 0 Å². The van der Waals surface area contributed by atoms with E-state index in [-0.39, 0.29) is 23.3 Å². The van der Waals surface area contributed by atoms with Crippen molar-refractivity contribution < 1.29 is 9.59 Å². The fraction of sp³-hybridized carbons (Fsp3) is 0.391. The van der Waals surface area contributed by atoms with E-state index in [0.717, 1.165) is 35.1 Å². The van der Waals surface area contributed by atoms with E-state index in [4.69, 9.17) is 0 Å². The fourth-order valence-corrected chi connectivity index (χ4v) is 4.12. The highest BCUT2D eigenvalue weighted by atomic mass is 32.2. The zero-order valence-electron chi connectivity index (χ0n) is 16.9. The summed E-state index contributed by atoms with van der Waals surface area (Å²) in [4.78, 5) is 24.1. The number of carbonyl (C=O) groups excluding carboxylic acids is 2. The Hall–Kier alpha value is -2.47. The van der Waals surface area contributed by atoms with Crippen LogP contribution in [-0.2, 0) is 9.59 Å². The smallest absolute Gasteiger partial charge is 0.234 e. The molecule has 3 rings (SSSR count). The first kappa shape index (κ1) is 21.2. The van der Waals surface area contributed by atoms with Crippen molar-refractivity contribution in [3.8, 4) is 0 Å². The minimum absolute atomic E-state index is 0.105. The Morgan fingerprint density at radius 3 is 2.17 bits per heavy atom. The number of amides is 2. The largest absolute Gasteiger partial charge is 0.385 e. The van der Waals surface area contributed by atoms with E-state index in [2.05, 4.69) is 16.0 Å². The molecule has 0 atom stereocenters. The molecule has 5 nitrogen and oxygen atoms in total. The molecule has 3 N–H and O–H groups in total. The van der Waals surface area contributed by atoms with Gasteiger partial charge in [-0.3, -0.25) is 9.59 Å². The molecular formula is C23H29N3O2S. The number of hydrogen-bond donors (Lipinski definition) is 3. The van der Waals surface area contributed by atoms with Crippen LogP contribution in [0.15, 0.2) is 48.5 Å². The Kier molecular flexibility index (Phi) is 7.99. The van der Waals surface area contributed by atoms with Crippen LogP contribution in [0.2, 0.25) is 0 Å². The second kappa shape index (κ2) is 10.9. The Morgan fingerprint density at radius 2 is 1.52 bits per heavy atom. The lowest BCUT2D eigenvalue weighted by Gasteiger charge is -2.12. The molecule has 1 aliphatic rings. The number of nitrogens with one attached hydrogen (secondary N) is 3. The molecule has 0 spiro atoms. The van der Waals surface area contributed by atoms with Gasteiger partial charge >= 0.3 is 0 Å². The van der Waals surface area contributed by atoms with Crippen molar-refractivity contribution in [3.63, 3.8) is 0 Å². The fourth-order valence-electron chi connectivity index (χ4n) is 3.50. The van der Waals surface area contributed by atoms with Crippen LogP contribution in [0.3, 0.4) is 0 Å². The van der Waals surface area contributed by atoms with Crippen molar-refractivity contribution in [2.24, 2.45) is 5.92 Å². The highest BCUT2D eigenvalue weighted by molar-refractivity contribution is 8.00. The first-order valence-corrected chi connectivity index (χ1v) is 11.3. The summed E-state index contributed by atoms with van der Waals surface area (Å²) in [5.41, 5.74) is 3.72. The molecule has 0 radical (unpaired) electrons. The van der Waals surface area contributed by atoms with Crippen LogP contribution >= 0.6 is 11.8 Å². The molecule has 154 valence electrons. The molecule has 1 saturated carbocycles. The van der Waals surface area contributed by atoms with Gasteiger partial charge in [-0.05, 0) is 67.6 Å². The van der Waals surface area contributed by atoms with Crippen molar-refractivity contribution >= 4 is 40.6 Å². The van der Waals surface area contributed by atoms with Crippen LogP contribution in [0.25, 0.3) is 0 Å². The second-order valence-corrected chi connectivity index (χ2v) is 8.55. The molecule has 0 unspecified atom stereocenters. The van der Waals surface area contributed by atoms with Crippen LogP contribution in [0.5, 0.6) is 0 Å². The highest BCUT2D eigenvalue weighted by Crippen LogP contribution is 2.25. The van der Waals surface area contributed by atoms with Crippen LogP contribution in [0.1, 0.15) is 31.2 Å². The lowest BCUT2D eigenvalue weighted by Crippen LogP contribution is -2.18. The summed E-state index contributed by atoms with van der Waals surface area (Å²) >= 11 is 1.30. The first-order valence-electron chi connectivity index (χ1n) is 10.2. The van der Waals surface area contributed by atoms with E-state index in [1.807, 2.05) is 55.5 Å². The molecule has 2 aromatic carbocycles. The Bertz CT molecular complexity index is 817. The van der Waals surface area contributed by atoms with Gasteiger partial charge in [-0.2, -0.15) is 0 Å². The molecule has 0 aliphatic heterocycles. The van der Waals surface area contributed by atoms with Crippen LogP contribution in [0, 0.1) is 12.8 Å². The van der Waals surface area contributed by atoms with E-state index in [1.54, 1.807) is 0 Å². The lowest BCUT2D eigenvalue weighted by atomic mass is 10.1. The van der Waals surface area contributed by atoms with Gasteiger partial charge in [0.2, 0.25) is 11.8 Å². The third-order valence-electron chi connectivity index (χ3n) is 5.01. The minimum atomic E-state index is -0.106. The van der Waals surface area contributed by atoms with E-state index in [9.17, 15) is 9.59 Å². The van der Waals surface area contributed by atoms with Gasteiger partial charge in [0.15, 0.2) is 0 Å². The van der Waals surface area contributed by atoms with Gasteiger partial charge in [-0.1, -0.05) is 25.0 Å². The molecule has 29 heavy (non-hydrogen) atoms. The van der Waals surface area contributed by atoms with E-state index >= 15 is 0 Å². The number of hydrogen-bond acceptors (Lipinski definition) is 4. The summed E-state index contributed by atoms with van der Waals surface area (Å²) in [6.07, 6.45) is 5.34. The number of rotatable bonds is 9. The third-order valence-corrected chi connectivity index (χ3v) is 5.94. The number of benzene rings is 2. The molecule has 1 fully saturated rings. The summed E-state index contributed by atoms with van der Waals surface area (Å²) < 4.78 is 0. The molecule has 6 heteroatoms. The molecule has 1 aliphatic carbocycles. The maximum absolute atomic E-state index is 12.1. The van der Waals surface area contributed by atoms with E-state index in [0.29, 0.717) is 0 Å². The molecular weight excluding hydrogens is 382 g/mol. The van der Waals surface area contributed by atoms with Gasteiger partial charge < -0.3 is 16.0 Å². The van der Waals surface area contributed by atoms with Gasteiger partial charge in [-0.25, -0.2) is 0 Å². The van der Waals surface area contributed by atoms with E-state index in [1.165, 1.54) is 37.4 Å². The SMILES string of the molecule is Cc1cccc(NC(=O)CSCC(=O)Nc2ccc(NCC3CCCC3)cc2)c1. The number of anilines is 3. The predicted molar refractivity (Wildman–Crippen MR) is 123 cm³/mol. The van der Waals surface area contributed by atoms with Crippen LogP contribution in [0.4, 0.5) is 17.1 Å². The normalized spacial score (nSPS) is 13.8. The standard InChI is InChI=1S/C23H29N3O2S/c1-17-5-4-8-21(13-17)26-23(28)16-29-15-22(27)25-20-11-9-19(10-12-20)24-14-18-6-2-3-7-18/h4-5,8-13,18,24H,2-3,6-7,14-16H2,1H3,(H,25,27)(H,26,28). The number of carbonyl (C=O) groups is 2. The predicted octanol–water partition coefficient (Wildman–Crippen LogP) is 4.91. The highest BCUT2D eigenvalue weighted by Gasteiger charge is 2.14. The summed E-state index contributed by atoms with van der Waals surface area (Å²) in [5.74, 6) is 1.06. The van der Waals surface area contributed by atoms with Gasteiger partial charge in [0.1, 0.15) is 0 Å².